The van der Waals surface area contributed by atoms with E-state index in [4.69, 9.17) is 0 Å². The molecule has 0 heteroatoms. The molecule has 14 heavy (non-hydrogen) atoms. The van der Waals surface area contributed by atoms with Gasteiger partial charge in [0.15, 0.2) is 0 Å². The summed E-state index contributed by atoms with van der Waals surface area (Å²) in [4.78, 5) is 0. The van der Waals surface area contributed by atoms with Gasteiger partial charge in [-0.25, -0.2) is 0 Å². The van der Waals surface area contributed by atoms with E-state index in [0.717, 1.165) is 11.8 Å². The second-order valence-corrected chi connectivity index (χ2v) is 5.70. The molecular formula is C14H25. The van der Waals surface area contributed by atoms with Gasteiger partial charge >= 0.3 is 0 Å². The highest BCUT2D eigenvalue weighted by atomic mass is 14.5. The highest BCUT2D eigenvalue weighted by Gasteiger charge is 2.47. The van der Waals surface area contributed by atoms with Gasteiger partial charge in [0.05, 0.1) is 0 Å². The van der Waals surface area contributed by atoms with E-state index in [9.17, 15) is 0 Å². The molecule has 0 spiro atoms. The Morgan fingerprint density at radius 2 is 2.00 bits per heavy atom. The predicted molar refractivity (Wildman–Crippen MR) is 62.0 cm³/mol. The molecule has 2 aliphatic rings. The van der Waals surface area contributed by atoms with Crippen LogP contribution in [0.2, 0.25) is 0 Å². The van der Waals surface area contributed by atoms with Gasteiger partial charge in [-0.05, 0) is 62.7 Å². The average molecular weight is 193 g/mol. The Bertz CT molecular complexity index is 174. The first-order valence-electron chi connectivity index (χ1n) is 6.60. The van der Waals surface area contributed by atoms with Gasteiger partial charge in [-0.3, -0.25) is 0 Å². The third-order valence-corrected chi connectivity index (χ3v) is 4.82. The van der Waals surface area contributed by atoms with Crippen LogP contribution in [0, 0.1) is 24.2 Å². The number of unbranched alkanes of at least 4 members (excludes halogenated alkanes) is 2. The molecule has 0 saturated heterocycles. The monoisotopic (exact) mass is 193 g/mol. The normalized spacial score (nSPS) is 37.7. The van der Waals surface area contributed by atoms with Crippen LogP contribution < -0.4 is 0 Å². The lowest BCUT2D eigenvalue weighted by Crippen LogP contribution is -2.23. The van der Waals surface area contributed by atoms with E-state index in [0.29, 0.717) is 5.41 Å². The van der Waals surface area contributed by atoms with Gasteiger partial charge in [-0.15, -0.1) is 0 Å². The van der Waals surface area contributed by atoms with Crippen molar-refractivity contribution in [3.63, 3.8) is 0 Å². The summed E-state index contributed by atoms with van der Waals surface area (Å²) in [5.74, 6) is 1.85. The smallest absolute Gasteiger partial charge is 0.0266 e. The lowest BCUT2D eigenvalue weighted by atomic mass is 9.72. The van der Waals surface area contributed by atoms with Crippen LogP contribution in [-0.4, -0.2) is 0 Å². The largest absolute Gasteiger partial charge is 0.0654 e. The van der Waals surface area contributed by atoms with Crippen LogP contribution in [0.25, 0.3) is 0 Å². The van der Waals surface area contributed by atoms with Crippen LogP contribution in [0.4, 0.5) is 0 Å². The van der Waals surface area contributed by atoms with Gasteiger partial charge in [-0.1, -0.05) is 26.2 Å². The van der Waals surface area contributed by atoms with E-state index in [1.165, 1.54) is 57.8 Å². The fraction of sp³-hybridized carbons (Fsp3) is 0.929. The summed E-state index contributed by atoms with van der Waals surface area (Å²) < 4.78 is 0. The van der Waals surface area contributed by atoms with Crippen molar-refractivity contribution in [2.24, 2.45) is 17.3 Å². The van der Waals surface area contributed by atoms with Crippen LogP contribution in [-0.2, 0) is 0 Å². The summed E-state index contributed by atoms with van der Waals surface area (Å²) in [7, 11) is 0. The van der Waals surface area contributed by atoms with Crippen molar-refractivity contribution in [3.8, 4) is 0 Å². The summed E-state index contributed by atoms with van der Waals surface area (Å²) in [5.41, 5.74) is 0.707. The summed E-state index contributed by atoms with van der Waals surface area (Å²) in [5, 5.41) is 0. The lowest BCUT2D eigenvalue weighted by molar-refractivity contribution is 0.192. The Balaban J connectivity index is 1.81. The molecule has 0 N–H and O–H groups in total. The third-order valence-electron chi connectivity index (χ3n) is 4.82. The molecular weight excluding hydrogens is 168 g/mol. The minimum Gasteiger partial charge on any atom is -0.0654 e. The Morgan fingerprint density at radius 3 is 2.50 bits per heavy atom. The maximum atomic E-state index is 4.46. The molecule has 81 valence electrons. The first-order valence-corrected chi connectivity index (χ1v) is 6.60. The van der Waals surface area contributed by atoms with Crippen LogP contribution >= 0.6 is 0 Å². The number of rotatable bonds is 5. The minimum atomic E-state index is 0.707. The zero-order valence-corrected chi connectivity index (χ0v) is 9.73. The summed E-state index contributed by atoms with van der Waals surface area (Å²) >= 11 is 0. The zero-order valence-electron chi connectivity index (χ0n) is 9.73. The molecule has 0 amide bonds. The Hall–Kier alpha value is 0. The zero-order chi connectivity index (χ0) is 10.0. The molecule has 0 aliphatic heterocycles. The number of hydrogen-bond donors (Lipinski definition) is 0. The molecule has 0 aromatic heterocycles. The van der Waals surface area contributed by atoms with Crippen molar-refractivity contribution in [1.82, 2.24) is 0 Å². The van der Waals surface area contributed by atoms with Gasteiger partial charge in [0.1, 0.15) is 0 Å². The van der Waals surface area contributed by atoms with Crippen molar-refractivity contribution < 1.29 is 0 Å². The highest BCUT2D eigenvalue weighted by Crippen LogP contribution is 2.58. The van der Waals surface area contributed by atoms with E-state index in [1.807, 2.05) is 0 Å². The van der Waals surface area contributed by atoms with E-state index in [-0.39, 0.29) is 0 Å². The van der Waals surface area contributed by atoms with Crippen LogP contribution in [0.3, 0.4) is 0 Å². The average Bonchev–Trinajstić information content (AvgIpc) is 2.78. The van der Waals surface area contributed by atoms with E-state index >= 15 is 0 Å². The first kappa shape index (κ1) is 10.5. The fourth-order valence-corrected chi connectivity index (χ4v) is 3.76. The quantitative estimate of drug-likeness (QED) is 0.560. The number of fused-ring (bicyclic) bond motifs is 2. The minimum absolute atomic E-state index is 0.707. The first-order chi connectivity index (χ1) is 6.77. The fourth-order valence-electron chi connectivity index (χ4n) is 3.76. The van der Waals surface area contributed by atoms with Gasteiger partial charge in [-0.2, -0.15) is 0 Å². The van der Waals surface area contributed by atoms with Crippen molar-refractivity contribution >= 4 is 0 Å². The van der Waals surface area contributed by atoms with Crippen molar-refractivity contribution in [3.05, 3.63) is 6.92 Å². The molecule has 2 fully saturated rings. The molecule has 1 unspecified atom stereocenters. The third kappa shape index (κ3) is 1.85. The van der Waals surface area contributed by atoms with Crippen LogP contribution in [0.5, 0.6) is 0 Å². The predicted octanol–water partition coefficient (Wildman–Crippen LogP) is 4.60. The standard InChI is InChI=1S/C14H25/c1-3-4-5-6-12(2)14-9-7-13(11-14)8-10-14/h12-13H,2-11H2,1H3. The Kier molecular flexibility index (Phi) is 3.19. The maximum Gasteiger partial charge on any atom is -0.0266 e. The molecule has 0 heterocycles. The van der Waals surface area contributed by atoms with Crippen molar-refractivity contribution in [1.29, 1.82) is 0 Å². The second kappa shape index (κ2) is 4.24. The molecule has 2 aliphatic carbocycles. The molecule has 0 aromatic carbocycles. The number of hydrogen-bond acceptors (Lipinski definition) is 0. The van der Waals surface area contributed by atoms with Gasteiger partial charge in [0.2, 0.25) is 0 Å². The molecule has 2 rings (SSSR count). The molecule has 2 bridgehead atoms. The maximum absolute atomic E-state index is 4.46. The van der Waals surface area contributed by atoms with Crippen molar-refractivity contribution in [2.45, 2.75) is 64.7 Å². The van der Waals surface area contributed by atoms with Crippen molar-refractivity contribution in [2.75, 3.05) is 0 Å². The molecule has 0 nitrogen and oxygen atoms in total. The summed E-state index contributed by atoms with van der Waals surface area (Å²) in [6.07, 6.45) is 13.1. The summed E-state index contributed by atoms with van der Waals surface area (Å²) in [6, 6.07) is 0. The topological polar surface area (TPSA) is 0 Å². The highest BCUT2D eigenvalue weighted by molar-refractivity contribution is 5.00. The van der Waals surface area contributed by atoms with Crippen LogP contribution in [0.15, 0.2) is 0 Å². The van der Waals surface area contributed by atoms with Crippen LogP contribution in [0.1, 0.15) is 64.7 Å². The van der Waals surface area contributed by atoms with Gasteiger partial charge < -0.3 is 0 Å². The SMILES string of the molecule is [CH2]C(CCCCC)C12CCC(CC1)C2. The summed E-state index contributed by atoms with van der Waals surface area (Å²) in [6.45, 7) is 6.75. The second-order valence-electron chi connectivity index (χ2n) is 5.70. The van der Waals surface area contributed by atoms with E-state index in [1.54, 1.807) is 0 Å². The molecule has 2 saturated carbocycles. The molecule has 1 atom stereocenters. The van der Waals surface area contributed by atoms with Gasteiger partial charge in [0, 0.05) is 0 Å². The van der Waals surface area contributed by atoms with E-state index < -0.39 is 0 Å². The molecule has 1 radical (unpaired) electrons. The van der Waals surface area contributed by atoms with Gasteiger partial charge in [0.25, 0.3) is 0 Å². The Labute approximate surface area is 89.5 Å². The van der Waals surface area contributed by atoms with E-state index in [2.05, 4.69) is 13.8 Å². The Morgan fingerprint density at radius 1 is 1.29 bits per heavy atom. The lowest BCUT2D eigenvalue weighted by Gasteiger charge is -2.33. The molecule has 0 aromatic rings.